The van der Waals surface area contributed by atoms with Crippen molar-refractivity contribution in [1.29, 1.82) is 0 Å². The molecule has 0 atom stereocenters. The Morgan fingerprint density at radius 3 is 2.62 bits per heavy atom. The molecule has 0 fully saturated rings. The Morgan fingerprint density at radius 1 is 1.42 bits per heavy atom. The lowest BCUT2D eigenvalue weighted by molar-refractivity contribution is -0.133. The first kappa shape index (κ1) is 17.9. The van der Waals surface area contributed by atoms with Crippen molar-refractivity contribution in [2.75, 3.05) is 20.2 Å². The fraction of sp³-hybridized carbons (Fsp3) is 0.438. The summed E-state index contributed by atoms with van der Waals surface area (Å²) in [7, 11) is 1.46. The second-order valence-corrected chi connectivity index (χ2v) is 6.18. The minimum Gasteiger partial charge on any atom is -0.442 e. The molecule has 1 aromatic heterocycles. The zero-order valence-electron chi connectivity index (χ0n) is 14.1. The maximum atomic E-state index is 14.2. The number of ether oxygens (including phenoxy) is 1. The third-order valence-corrected chi connectivity index (χ3v) is 3.11. The number of aromatic nitrogens is 1. The smallest absolute Gasteiger partial charge is 0.434 e. The van der Waals surface area contributed by atoms with E-state index in [1.807, 2.05) is 0 Å². The zero-order valence-corrected chi connectivity index (χ0v) is 14.1. The van der Waals surface area contributed by atoms with E-state index in [0.717, 1.165) is 11.1 Å². The second kappa shape index (κ2) is 6.96. The van der Waals surface area contributed by atoms with Gasteiger partial charge in [0.25, 0.3) is 5.91 Å². The molecule has 0 aromatic carbocycles. The molecular weight excluding hydrogens is 317 g/mol. The number of nitrogens with one attached hydrogen (secondary N) is 1. The first-order valence-corrected chi connectivity index (χ1v) is 7.41. The van der Waals surface area contributed by atoms with Gasteiger partial charge in [-0.15, -0.1) is 0 Å². The number of amides is 2. The Labute approximate surface area is 139 Å². The van der Waals surface area contributed by atoms with E-state index in [-0.39, 0.29) is 24.4 Å². The molecule has 2 heterocycles. The zero-order chi connectivity index (χ0) is 17.9. The number of rotatable bonds is 2. The van der Waals surface area contributed by atoms with Crippen LogP contribution >= 0.6 is 0 Å². The SMILES string of the molecule is CNC(=O)c1cnc(C2=CCN(C(=O)OC(C)(C)C)OC2)c(F)c1. The Balaban J connectivity index is 2.10. The number of nitrogens with zero attached hydrogens (tertiary/aromatic N) is 2. The van der Waals surface area contributed by atoms with Crippen LogP contribution < -0.4 is 5.32 Å². The van der Waals surface area contributed by atoms with E-state index in [1.165, 1.54) is 13.2 Å². The van der Waals surface area contributed by atoms with Gasteiger partial charge in [0.15, 0.2) is 0 Å². The monoisotopic (exact) mass is 337 g/mol. The average molecular weight is 337 g/mol. The van der Waals surface area contributed by atoms with E-state index in [0.29, 0.717) is 5.57 Å². The van der Waals surface area contributed by atoms with Crippen molar-refractivity contribution in [3.05, 3.63) is 35.4 Å². The Morgan fingerprint density at radius 2 is 2.12 bits per heavy atom. The van der Waals surface area contributed by atoms with Crippen molar-refractivity contribution in [2.45, 2.75) is 26.4 Å². The summed E-state index contributed by atoms with van der Waals surface area (Å²) >= 11 is 0. The topological polar surface area (TPSA) is 80.8 Å². The summed E-state index contributed by atoms with van der Waals surface area (Å²) in [5.41, 5.74) is 0.0852. The minimum absolute atomic E-state index is 0.0253. The summed E-state index contributed by atoms with van der Waals surface area (Å²) in [5.74, 6) is -1.05. The lowest BCUT2D eigenvalue weighted by atomic mass is 10.1. The summed E-state index contributed by atoms with van der Waals surface area (Å²) in [4.78, 5) is 32.7. The van der Waals surface area contributed by atoms with Crippen LogP contribution in [0.3, 0.4) is 0 Å². The summed E-state index contributed by atoms with van der Waals surface area (Å²) < 4.78 is 19.4. The highest BCUT2D eigenvalue weighted by molar-refractivity contribution is 5.93. The van der Waals surface area contributed by atoms with E-state index < -0.39 is 23.4 Å². The molecule has 1 aliphatic rings. The normalized spacial score (nSPS) is 14.9. The van der Waals surface area contributed by atoms with E-state index in [2.05, 4.69) is 10.3 Å². The molecule has 1 aromatic rings. The molecule has 24 heavy (non-hydrogen) atoms. The Hall–Kier alpha value is -2.48. The molecule has 1 N–H and O–H groups in total. The van der Waals surface area contributed by atoms with Gasteiger partial charge in [-0.2, -0.15) is 5.06 Å². The molecule has 2 amide bonds. The number of hydrogen-bond acceptors (Lipinski definition) is 5. The predicted octanol–water partition coefficient (Wildman–Crippen LogP) is 2.15. The Bertz CT molecular complexity index is 682. The van der Waals surface area contributed by atoms with E-state index in [9.17, 15) is 14.0 Å². The van der Waals surface area contributed by atoms with Crippen molar-refractivity contribution < 1.29 is 23.6 Å². The van der Waals surface area contributed by atoms with Gasteiger partial charge in [0, 0.05) is 18.8 Å². The van der Waals surface area contributed by atoms with Crippen LogP contribution in [-0.2, 0) is 9.57 Å². The van der Waals surface area contributed by atoms with E-state index in [4.69, 9.17) is 9.57 Å². The van der Waals surface area contributed by atoms with Crippen molar-refractivity contribution in [3.63, 3.8) is 0 Å². The number of pyridine rings is 1. The third kappa shape index (κ3) is 4.29. The molecule has 0 radical (unpaired) electrons. The molecule has 0 bridgehead atoms. The molecule has 0 saturated carbocycles. The largest absolute Gasteiger partial charge is 0.442 e. The molecule has 2 rings (SSSR count). The fourth-order valence-electron chi connectivity index (χ4n) is 2.00. The van der Waals surface area contributed by atoms with Crippen LogP contribution in [-0.4, -0.2) is 47.8 Å². The first-order valence-electron chi connectivity index (χ1n) is 7.41. The molecule has 0 spiro atoms. The standard InChI is InChI=1S/C16H20FN3O4/c1-16(2,3)24-15(22)20-6-5-10(9-23-20)13-12(17)7-11(8-19-13)14(21)18-4/h5,7-8H,6,9H2,1-4H3,(H,18,21). The number of carbonyl (C=O) groups excluding carboxylic acids is 2. The van der Waals surface area contributed by atoms with Gasteiger partial charge in [0.05, 0.1) is 12.1 Å². The molecule has 1 aliphatic heterocycles. The first-order chi connectivity index (χ1) is 11.2. The van der Waals surface area contributed by atoms with Gasteiger partial charge in [-0.3, -0.25) is 14.6 Å². The van der Waals surface area contributed by atoms with Crippen LogP contribution in [0.1, 0.15) is 36.8 Å². The highest BCUT2D eigenvalue weighted by Gasteiger charge is 2.26. The highest BCUT2D eigenvalue weighted by Crippen LogP contribution is 2.22. The summed E-state index contributed by atoms with van der Waals surface area (Å²) in [5, 5.41) is 3.46. The van der Waals surface area contributed by atoms with Crippen molar-refractivity contribution >= 4 is 17.6 Å². The molecule has 7 nitrogen and oxygen atoms in total. The van der Waals surface area contributed by atoms with Crippen LogP contribution in [0.5, 0.6) is 0 Å². The van der Waals surface area contributed by atoms with Gasteiger partial charge in [0.2, 0.25) is 0 Å². The average Bonchev–Trinajstić information content (AvgIpc) is 2.52. The van der Waals surface area contributed by atoms with Crippen LogP contribution in [0.2, 0.25) is 0 Å². The summed E-state index contributed by atoms with van der Waals surface area (Å²) in [6.07, 6.45) is 2.32. The number of hydroxylamine groups is 2. The van der Waals surface area contributed by atoms with Crippen molar-refractivity contribution in [3.8, 4) is 0 Å². The number of hydrogen-bond donors (Lipinski definition) is 1. The molecular formula is C16H20FN3O4. The maximum absolute atomic E-state index is 14.2. The van der Waals surface area contributed by atoms with E-state index >= 15 is 0 Å². The van der Waals surface area contributed by atoms with Crippen LogP contribution in [0.25, 0.3) is 5.57 Å². The quantitative estimate of drug-likeness (QED) is 0.894. The van der Waals surface area contributed by atoms with Gasteiger partial charge in [-0.25, -0.2) is 9.18 Å². The summed E-state index contributed by atoms with van der Waals surface area (Å²) in [6, 6.07) is 1.11. The van der Waals surface area contributed by atoms with Gasteiger partial charge < -0.3 is 10.1 Å². The van der Waals surface area contributed by atoms with Crippen molar-refractivity contribution in [1.82, 2.24) is 15.4 Å². The van der Waals surface area contributed by atoms with Crippen LogP contribution in [0.4, 0.5) is 9.18 Å². The van der Waals surface area contributed by atoms with E-state index in [1.54, 1.807) is 26.8 Å². The predicted molar refractivity (Wildman–Crippen MR) is 84.5 cm³/mol. The fourth-order valence-corrected chi connectivity index (χ4v) is 2.00. The summed E-state index contributed by atoms with van der Waals surface area (Å²) in [6.45, 7) is 5.35. The minimum atomic E-state index is -0.631. The lowest BCUT2D eigenvalue weighted by Crippen LogP contribution is -2.39. The molecule has 0 unspecified atom stereocenters. The van der Waals surface area contributed by atoms with Gasteiger partial charge in [-0.1, -0.05) is 6.08 Å². The highest BCUT2D eigenvalue weighted by atomic mass is 19.1. The maximum Gasteiger partial charge on any atom is 0.434 e. The van der Waals surface area contributed by atoms with Gasteiger partial charge in [0.1, 0.15) is 23.7 Å². The molecule has 0 aliphatic carbocycles. The number of carbonyl (C=O) groups is 2. The third-order valence-electron chi connectivity index (χ3n) is 3.11. The van der Waals surface area contributed by atoms with Crippen LogP contribution in [0.15, 0.2) is 18.3 Å². The molecule has 8 heteroatoms. The second-order valence-electron chi connectivity index (χ2n) is 6.18. The number of halogens is 1. The van der Waals surface area contributed by atoms with Gasteiger partial charge >= 0.3 is 6.09 Å². The molecule has 130 valence electrons. The lowest BCUT2D eigenvalue weighted by Gasteiger charge is -2.28. The molecule has 0 saturated heterocycles. The Kier molecular flexibility index (Phi) is 5.18. The van der Waals surface area contributed by atoms with Gasteiger partial charge in [-0.05, 0) is 26.8 Å². The van der Waals surface area contributed by atoms with Crippen molar-refractivity contribution in [2.24, 2.45) is 0 Å². The van der Waals surface area contributed by atoms with Crippen LogP contribution in [0, 0.1) is 5.82 Å².